The summed E-state index contributed by atoms with van der Waals surface area (Å²) in [4.78, 5) is 15.9. The van der Waals surface area contributed by atoms with Gasteiger partial charge in [-0.2, -0.15) is 0 Å². The smallest absolute Gasteiger partial charge is 0.236 e. The van der Waals surface area contributed by atoms with E-state index in [9.17, 15) is 4.79 Å². The first-order valence-electron chi connectivity index (χ1n) is 6.60. The molecule has 2 heterocycles. The first kappa shape index (κ1) is 16.7. The van der Waals surface area contributed by atoms with E-state index < -0.39 is 0 Å². The summed E-state index contributed by atoms with van der Waals surface area (Å²) in [6.07, 6.45) is 4.00. The number of rotatable bonds is 8. The van der Waals surface area contributed by atoms with Crippen LogP contribution >= 0.6 is 23.4 Å². The molecule has 2 aromatic rings. The number of carbonyl (C=O) groups excluding carboxylic acids is 1. The van der Waals surface area contributed by atoms with Crippen molar-refractivity contribution < 1.29 is 9.53 Å². The molecule has 7 nitrogen and oxygen atoms in total. The van der Waals surface area contributed by atoms with Crippen LogP contribution in [0.2, 0.25) is 5.02 Å². The van der Waals surface area contributed by atoms with Gasteiger partial charge >= 0.3 is 0 Å². The highest BCUT2D eigenvalue weighted by molar-refractivity contribution is 7.99. The van der Waals surface area contributed by atoms with Crippen molar-refractivity contribution in [3.8, 4) is 0 Å². The maximum atomic E-state index is 11.9. The number of pyridine rings is 1. The van der Waals surface area contributed by atoms with Crippen molar-refractivity contribution in [3.05, 3.63) is 29.7 Å². The number of amides is 1. The molecule has 2 aromatic heterocycles. The molecule has 9 heteroatoms. The van der Waals surface area contributed by atoms with Gasteiger partial charge in [0.2, 0.25) is 5.91 Å². The maximum absolute atomic E-state index is 11.9. The highest BCUT2D eigenvalue weighted by Gasteiger charge is 2.09. The molecule has 0 atom stereocenters. The Morgan fingerprint density at radius 1 is 1.50 bits per heavy atom. The van der Waals surface area contributed by atoms with E-state index in [1.165, 1.54) is 18.0 Å². The molecule has 22 heavy (non-hydrogen) atoms. The van der Waals surface area contributed by atoms with Gasteiger partial charge in [0.25, 0.3) is 0 Å². The molecule has 0 bridgehead atoms. The molecule has 0 radical (unpaired) electrons. The third kappa shape index (κ3) is 5.28. The highest BCUT2D eigenvalue weighted by Crippen LogP contribution is 2.16. The molecule has 0 fully saturated rings. The number of carbonyl (C=O) groups is 1. The van der Waals surface area contributed by atoms with E-state index in [4.69, 9.17) is 16.3 Å². The van der Waals surface area contributed by atoms with Gasteiger partial charge in [0.05, 0.1) is 10.8 Å². The predicted octanol–water partition coefficient (Wildman–Crippen LogP) is 2.09. The van der Waals surface area contributed by atoms with Crippen LogP contribution in [-0.2, 0) is 16.1 Å². The van der Waals surface area contributed by atoms with Crippen molar-refractivity contribution in [1.82, 2.24) is 19.7 Å². The van der Waals surface area contributed by atoms with Crippen molar-refractivity contribution in [3.63, 3.8) is 0 Å². The number of aryl methyl sites for hydroxylation is 1. The molecule has 0 spiro atoms. The number of nitrogens with one attached hydrogen (secondary N) is 1. The second-order valence-corrected chi connectivity index (χ2v) is 5.73. The average molecular weight is 342 g/mol. The minimum atomic E-state index is -0.161. The van der Waals surface area contributed by atoms with Crippen LogP contribution in [0.25, 0.3) is 0 Å². The Hall–Kier alpha value is -1.64. The van der Waals surface area contributed by atoms with E-state index in [1.54, 1.807) is 25.6 Å². The monoisotopic (exact) mass is 341 g/mol. The Labute approximate surface area is 137 Å². The van der Waals surface area contributed by atoms with E-state index in [2.05, 4.69) is 20.5 Å². The Balaban J connectivity index is 1.81. The van der Waals surface area contributed by atoms with Crippen molar-refractivity contribution in [2.75, 3.05) is 24.8 Å². The summed E-state index contributed by atoms with van der Waals surface area (Å²) in [5.41, 5.74) is 0. The number of ether oxygens (including phenoxy) is 1. The van der Waals surface area contributed by atoms with E-state index in [1.807, 2.05) is 4.57 Å². The first-order valence-corrected chi connectivity index (χ1v) is 7.96. The standard InChI is InChI=1S/C13H16ClN5O2S/c1-21-6-2-5-19-9-16-18-13(19)22-8-12(20)17-11-4-3-10(14)7-15-11/h3-4,7,9H,2,5-6,8H2,1H3,(H,15,17,20). The van der Waals surface area contributed by atoms with Crippen molar-refractivity contribution in [1.29, 1.82) is 0 Å². The molecule has 0 aliphatic carbocycles. The maximum Gasteiger partial charge on any atom is 0.236 e. The minimum absolute atomic E-state index is 0.161. The molecule has 0 unspecified atom stereocenters. The van der Waals surface area contributed by atoms with Gasteiger partial charge in [-0.3, -0.25) is 4.79 Å². The van der Waals surface area contributed by atoms with Crippen LogP contribution in [0.3, 0.4) is 0 Å². The van der Waals surface area contributed by atoms with Crippen LogP contribution in [0.1, 0.15) is 6.42 Å². The van der Waals surface area contributed by atoms with Crippen molar-refractivity contribution in [2.45, 2.75) is 18.1 Å². The van der Waals surface area contributed by atoms with E-state index in [0.29, 0.717) is 22.6 Å². The zero-order chi connectivity index (χ0) is 15.8. The molecule has 0 saturated carbocycles. The van der Waals surface area contributed by atoms with Gasteiger partial charge in [0.15, 0.2) is 5.16 Å². The number of thioether (sulfide) groups is 1. The van der Waals surface area contributed by atoms with Gasteiger partial charge < -0.3 is 14.6 Å². The Bertz CT molecular complexity index is 605. The van der Waals surface area contributed by atoms with Crippen molar-refractivity contribution in [2.24, 2.45) is 0 Å². The zero-order valence-electron chi connectivity index (χ0n) is 12.0. The fourth-order valence-corrected chi connectivity index (χ4v) is 2.50. The Kier molecular flexibility index (Phi) is 6.63. The second kappa shape index (κ2) is 8.72. The largest absolute Gasteiger partial charge is 0.385 e. The number of aromatic nitrogens is 4. The van der Waals surface area contributed by atoms with Crippen molar-refractivity contribution >= 4 is 35.1 Å². The van der Waals surface area contributed by atoms with Gasteiger partial charge in [0, 0.05) is 26.5 Å². The fourth-order valence-electron chi connectivity index (χ4n) is 1.65. The summed E-state index contributed by atoms with van der Waals surface area (Å²) in [5, 5.41) is 11.8. The third-order valence-corrected chi connectivity index (χ3v) is 3.86. The lowest BCUT2D eigenvalue weighted by Gasteiger charge is -2.06. The fraction of sp³-hybridized carbons (Fsp3) is 0.385. The number of methoxy groups -OCH3 is 1. The number of anilines is 1. The summed E-state index contributed by atoms with van der Waals surface area (Å²) in [6.45, 7) is 1.43. The van der Waals surface area contributed by atoms with Gasteiger partial charge in [-0.15, -0.1) is 10.2 Å². The lowest BCUT2D eigenvalue weighted by Crippen LogP contribution is -2.15. The second-order valence-electron chi connectivity index (χ2n) is 4.35. The molecule has 1 N–H and O–H groups in total. The average Bonchev–Trinajstić information content (AvgIpc) is 2.95. The van der Waals surface area contributed by atoms with E-state index in [-0.39, 0.29) is 11.7 Å². The molecular weight excluding hydrogens is 326 g/mol. The van der Waals surface area contributed by atoms with Crippen LogP contribution in [0.15, 0.2) is 29.8 Å². The van der Waals surface area contributed by atoms with E-state index in [0.717, 1.165) is 13.0 Å². The van der Waals surface area contributed by atoms with Gasteiger partial charge in [-0.05, 0) is 18.6 Å². The highest BCUT2D eigenvalue weighted by atomic mass is 35.5. The molecule has 2 rings (SSSR count). The lowest BCUT2D eigenvalue weighted by molar-refractivity contribution is -0.113. The quantitative estimate of drug-likeness (QED) is 0.585. The van der Waals surface area contributed by atoms with Gasteiger partial charge in [0.1, 0.15) is 12.1 Å². The molecule has 0 aromatic carbocycles. The molecule has 0 saturated heterocycles. The van der Waals surface area contributed by atoms with Gasteiger partial charge in [-0.1, -0.05) is 23.4 Å². The number of hydrogen-bond donors (Lipinski definition) is 1. The Morgan fingerprint density at radius 2 is 2.36 bits per heavy atom. The summed E-state index contributed by atoms with van der Waals surface area (Å²) < 4.78 is 6.91. The number of halogens is 1. The predicted molar refractivity (Wildman–Crippen MR) is 85.1 cm³/mol. The Morgan fingerprint density at radius 3 is 3.09 bits per heavy atom. The van der Waals surface area contributed by atoms with Crippen LogP contribution in [-0.4, -0.2) is 45.1 Å². The lowest BCUT2D eigenvalue weighted by atomic mass is 10.4. The molecular formula is C13H16ClN5O2S. The number of nitrogens with zero attached hydrogens (tertiary/aromatic N) is 4. The normalized spacial score (nSPS) is 10.6. The summed E-state index contributed by atoms with van der Waals surface area (Å²) in [6, 6.07) is 3.32. The molecule has 1 amide bonds. The molecule has 0 aliphatic heterocycles. The van der Waals surface area contributed by atoms with Crippen LogP contribution in [0.5, 0.6) is 0 Å². The topological polar surface area (TPSA) is 81.9 Å². The first-order chi connectivity index (χ1) is 10.7. The SMILES string of the molecule is COCCCn1cnnc1SCC(=O)Nc1ccc(Cl)cn1. The number of hydrogen-bond acceptors (Lipinski definition) is 6. The zero-order valence-corrected chi connectivity index (χ0v) is 13.6. The minimum Gasteiger partial charge on any atom is -0.385 e. The van der Waals surface area contributed by atoms with Crippen LogP contribution in [0, 0.1) is 0 Å². The third-order valence-electron chi connectivity index (χ3n) is 2.65. The van der Waals surface area contributed by atoms with E-state index >= 15 is 0 Å². The van der Waals surface area contributed by atoms with Gasteiger partial charge in [-0.25, -0.2) is 4.98 Å². The summed E-state index contributed by atoms with van der Waals surface area (Å²) in [7, 11) is 1.66. The summed E-state index contributed by atoms with van der Waals surface area (Å²) >= 11 is 7.07. The van der Waals surface area contributed by atoms with Crippen LogP contribution < -0.4 is 5.32 Å². The van der Waals surface area contributed by atoms with Crippen LogP contribution in [0.4, 0.5) is 5.82 Å². The molecule has 118 valence electrons. The summed E-state index contributed by atoms with van der Waals surface area (Å²) in [5.74, 6) is 0.538. The molecule has 0 aliphatic rings.